The predicted octanol–water partition coefficient (Wildman–Crippen LogP) is 4.50. The van der Waals surface area contributed by atoms with E-state index in [-0.39, 0.29) is 11.7 Å². The van der Waals surface area contributed by atoms with Crippen molar-refractivity contribution in [1.82, 2.24) is 20.2 Å². The lowest BCUT2D eigenvalue weighted by Crippen LogP contribution is -2.19. The van der Waals surface area contributed by atoms with Gasteiger partial charge in [-0.3, -0.25) is 4.79 Å². The van der Waals surface area contributed by atoms with Crippen LogP contribution in [0.25, 0.3) is 11.4 Å². The van der Waals surface area contributed by atoms with E-state index in [4.69, 9.17) is 11.6 Å². The smallest absolute Gasteiger partial charge is 0.250 e. The Morgan fingerprint density at radius 3 is 2.52 bits per heavy atom. The van der Waals surface area contributed by atoms with E-state index in [0.717, 1.165) is 11.1 Å². The normalized spacial score (nSPS) is 11.3. The van der Waals surface area contributed by atoms with E-state index >= 15 is 0 Å². The number of thioether (sulfide) groups is 1. The van der Waals surface area contributed by atoms with E-state index in [9.17, 15) is 4.79 Å². The first-order valence-electron chi connectivity index (χ1n) is 9.14. The molecule has 8 heteroatoms. The van der Waals surface area contributed by atoms with E-state index in [1.807, 2.05) is 35.9 Å². The maximum absolute atomic E-state index is 12.1. The van der Waals surface area contributed by atoms with Crippen LogP contribution in [0.15, 0.2) is 58.8 Å². The van der Waals surface area contributed by atoms with E-state index in [2.05, 4.69) is 46.7 Å². The largest absolute Gasteiger partial charge is 0.305 e. The molecule has 0 saturated heterocycles. The molecule has 0 bridgehead atoms. The summed E-state index contributed by atoms with van der Waals surface area (Å²) in [4.78, 5) is 12.1. The van der Waals surface area contributed by atoms with E-state index < -0.39 is 0 Å². The Balaban J connectivity index is 1.52. The van der Waals surface area contributed by atoms with E-state index in [0.29, 0.717) is 21.9 Å². The van der Waals surface area contributed by atoms with Crippen molar-refractivity contribution in [2.24, 2.45) is 12.1 Å². The fourth-order valence-electron chi connectivity index (χ4n) is 2.60. The second-order valence-electron chi connectivity index (χ2n) is 6.78. The number of hydrazone groups is 1. The van der Waals surface area contributed by atoms with Crippen LogP contribution < -0.4 is 5.43 Å². The highest BCUT2D eigenvalue weighted by molar-refractivity contribution is 7.99. The van der Waals surface area contributed by atoms with Crippen LogP contribution in [0.5, 0.6) is 0 Å². The van der Waals surface area contributed by atoms with Gasteiger partial charge in [0, 0.05) is 17.6 Å². The lowest BCUT2D eigenvalue weighted by atomic mass is 10.0. The molecule has 1 aromatic heterocycles. The molecule has 1 N–H and O–H groups in total. The second-order valence-corrected chi connectivity index (χ2v) is 8.15. The van der Waals surface area contributed by atoms with Crippen LogP contribution in [0.4, 0.5) is 0 Å². The Kier molecular flexibility index (Phi) is 7.06. The molecule has 0 saturated carbocycles. The number of benzene rings is 2. The molecule has 0 atom stereocenters. The number of rotatable bonds is 7. The van der Waals surface area contributed by atoms with Gasteiger partial charge < -0.3 is 4.57 Å². The van der Waals surface area contributed by atoms with Crippen molar-refractivity contribution in [1.29, 1.82) is 0 Å². The van der Waals surface area contributed by atoms with Gasteiger partial charge in [-0.2, -0.15) is 5.10 Å². The third kappa shape index (κ3) is 5.68. The van der Waals surface area contributed by atoms with Crippen LogP contribution in [0.1, 0.15) is 30.9 Å². The summed E-state index contributed by atoms with van der Waals surface area (Å²) >= 11 is 7.23. The summed E-state index contributed by atoms with van der Waals surface area (Å²) in [6, 6.07) is 15.5. The average Bonchev–Trinajstić information content (AvgIpc) is 3.08. The lowest BCUT2D eigenvalue weighted by Gasteiger charge is -2.05. The molecule has 0 spiro atoms. The molecule has 6 nitrogen and oxygen atoms in total. The molecule has 1 heterocycles. The summed E-state index contributed by atoms with van der Waals surface area (Å²) in [5, 5.41) is 13.7. The van der Waals surface area contributed by atoms with Crippen molar-refractivity contribution in [2.45, 2.75) is 24.9 Å². The number of halogens is 1. The molecule has 0 radical (unpaired) electrons. The van der Waals surface area contributed by atoms with Crippen molar-refractivity contribution in [2.75, 3.05) is 5.75 Å². The highest BCUT2D eigenvalue weighted by Gasteiger charge is 2.12. The number of hydrogen-bond donors (Lipinski definition) is 1. The molecule has 0 aliphatic rings. The standard InChI is InChI=1S/C21H22ClN5OS/c1-14(2)16-6-4-15(5-7-16)12-23-24-19(28)13-29-21-26-25-20(27(21)3)17-8-10-18(22)11-9-17/h4-12,14H,13H2,1-3H3,(H,24,28)/b23-12-. The van der Waals surface area contributed by atoms with Gasteiger partial charge >= 0.3 is 0 Å². The first-order valence-corrected chi connectivity index (χ1v) is 10.5. The number of nitrogens with zero attached hydrogens (tertiary/aromatic N) is 4. The van der Waals surface area contributed by atoms with Gasteiger partial charge in [0.05, 0.1) is 12.0 Å². The van der Waals surface area contributed by atoms with Gasteiger partial charge in [-0.25, -0.2) is 5.43 Å². The van der Waals surface area contributed by atoms with Gasteiger partial charge in [0.15, 0.2) is 11.0 Å². The van der Waals surface area contributed by atoms with Crippen LogP contribution in [-0.2, 0) is 11.8 Å². The molecule has 0 fully saturated rings. The number of carbonyl (C=O) groups is 1. The minimum atomic E-state index is -0.207. The summed E-state index contributed by atoms with van der Waals surface area (Å²) in [5.74, 6) is 1.18. The van der Waals surface area contributed by atoms with Gasteiger partial charge in [0.25, 0.3) is 5.91 Å². The predicted molar refractivity (Wildman–Crippen MR) is 118 cm³/mol. The summed E-state index contributed by atoms with van der Waals surface area (Å²) in [5.41, 5.74) is 5.65. The molecule has 1 amide bonds. The molecule has 0 aliphatic heterocycles. The Labute approximate surface area is 179 Å². The highest BCUT2D eigenvalue weighted by atomic mass is 35.5. The van der Waals surface area contributed by atoms with Gasteiger partial charge in [0.1, 0.15) is 0 Å². The Bertz CT molecular complexity index is 997. The van der Waals surface area contributed by atoms with Crippen molar-refractivity contribution >= 4 is 35.5 Å². The van der Waals surface area contributed by atoms with Crippen molar-refractivity contribution in [3.05, 3.63) is 64.7 Å². The third-order valence-corrected chi connectivity index (χ3v) is 5.55. The van der Waals surface area contributed by atoms with Crippen molar-refractivity contribution in [3.63, 3.8) is 0 Å². The fraction of sp³-hybridized carbons (Fsp3) is 0.238. The quantitative estimate of drug-likeness (QED) is 0.342. The van der Waals surface area contributed by atoms with Gasteiger partial charge in [0.2, 0.25) is 0 Å². The van der Waals surface area contributed by atoms with Gasteiger partial charge in [-0.15, -0.1) is 10.2 Å². The molecule has 0 aliphatic carbocycles. The zero-order valence-electron chi connectivity index (χ0n) is 16.5. The van der Waals surface area contributed by atoms with Crippen LogP contribution in [0, 0.1) is 0 Å². The maximum Gasteiger partial charge on any atom is 0.250 e. The zero-order valence-corrected chi connectivity index (χ0v) is 18.0. The van der Waals surface area contributed by atoms with Crippen LogP contribution >= 0.6 is 23.4 Å². The number of aromatic nitrogens is 3. The molecule has 0 unspecified atom stereocenters. The molecule has 29 heavy (non-hydrogen) atoms. The maximum atomic E-state index is 12.1. The number of carbonyl (C=O) groups excluding carboxylic acids is 1. The second kappa shape index (κ2) is 9.71. The summed E-state index contributed by atoms with van der Waals surface area (Å²) < 4.78 is 1.85. The molecular formula is C21H22ClN5OS. The Morgan fingerprint density at radius 1 is 1.17 bits per heavy atom. The molecule has 2 aromatic carbocycles. The van der Waals surface area contributed by atoms with Crippen LogP contribution in [0.2, 0.25) is 5.02 Å². The van der Waals surface area contributed by atoms with Crippen LogP contribution in [0.3, 0.4) is 0 Å². The number of amides is 1. The highest BCUT2D eigenvalue weighted by Crippen LogP contribution is 2.23. The third-order valence-electron chi connectivity index (χ3n) is 4.28. The summed E-state index contributed by atoms with van der Waals surface area (Å²) in [6.07, 6.45) is 1.63. The molecule has 3 rings (SSSR count). The molecule has 150 valence electrons. The van der Waals surface area contributed by atoms with E-state index in [1.54, 1.807) is 18.3 Å². The summed E-state index contributed by atoms with van der Waals surface area (Å²) in [7, 11) is 1.86. The fourth-order valence-corrected chi connectivity index (χ4v) is 3.43. The first kappa shape index (κ1) is 21.1. The van der Waals surface area contributed by atoms with Gasteiger partial charge in [-0.1, -0.05) is 61.5 Å². The molecule has 3 aromatic rings. The minimum Gasteiger partial charge on any atom is -0.305 e. The number of nitrogens with one attached hydrogen (secondary N) is 1. The van der Waals surface area contributed by atoms with Gasteiger partial charge in [-0.05, 0) is 41.3 Å². The van der Waals surface area contributed by atoms with Crippen molar-refractivity contribution < 1.29 is 4.79 Å². The summed E-state index contributed by atoms with van der Waals surface area (Å²) in [6.45, 7) is 4.30. The topological polar surface area (TPSA) is 72.2 Å². The first-order chi connectivity index (χ1) is 13.9. The SMILES string of the molecule is CC(C)c1ccc(/C=N\NC(=O)CSc2nnc(-c3ccc(Cl)cc3)n2C)cc1. The van der Waals surface area contributed by atoms with Crippen molar-refractivity contribution in [3.8, 4) is 11.4 Å². The van der Waals surface area contributed by atoms with E-state index in [1.165, 1.54) is 17.3 Å². The molecular weight excluding hydrogens is 406 g/mol. The zero-order chi connectivity index (χ0) is 20.8. The monoisotopic (exact) mass is 427 g/mol. The van der Waals surface area contributed by atoms with Crippen LogP contribution in [-0.4, -0.2) is 32.6 Å². The Morgan fingerprint density at radius 2 is 1.86 bits per heavy atom. The minimum absolute atomic E-state index is 0.191. The average molecular weight is 428 g/mol. The lowest BCUT2D eigenvalue weighted by molar-refractivity contribution is -0.118. The number of hydrogen-bond acceptors (Lipinski definition) is 5. The Hall–Kier alpha value is -2.64.